The molecule has 1 amide bonds. The van der Waals surface area contributed by atoms with Crippen molar-refractivity contribution < 1.29 is 19.2 Å². The SMILES string of the molecule is CC(C)(C)OC(=O)Nc1ccc(-c2cccc(CN3CCOc4nc([N+](=O)[O-])cn4CC3)c2)cc1. The number of nitrogens with one attached hydrogen (secondary N) is 1. The van der Waals surface area contributed by atoms with E-state index in [4.69, 9.17) is 9.47 Å². The highest BCUT2D eigenvalue weighted by atomic mass is 16.6. The lowest BCUT2D eigenvalue weighted by molar-refractivity contribution is -0.389. The molecule has 10 heteroatoms. The van der Waals surface area contributed by atoms with Gasteiger partial charge in [-0.1, -0.05) is 30.3 Å². The number of hydrogen-bond donors (Lipinski definition) is 1. The normalized spacial score (nSPS) is 14.3. The number of amides is 1. The molecule has 1 N–H and O–H groups in total. The first kappa shape index (κ1) is 24.2. The minimum Gasteiger partial charge on any atom is -0.444 e. The molecule has 35 heavy (non-hydrogen) atoms. The Morgan fingerprint density at radius 1 is 1.14 bits per heavy atom. The van der Waals surface area contributed by atoms with Gasteiger partial charge in [0.05, 0.1) is 0 Å². The fourth-order valence-corrected chi connectivity index (χ4v) is 3.81. The highest BCUT2D eigenvalue weighted by Crippen LogP contribution is 2.24. The quantitative estimate of drug-likeness (QED) is 0.417. The zero-order valence-corrected chi connectivity index (χ0v) is 20.1. The van der Waals surface area contributed by atoms with E-state index < -0.39 is 16.6 Å². The van der Waals surface area contributed by atoms with Gasteiger partial charge in [-0.3, -0.25) is 14.8 Å². The number of ether oxygens (including phenoxy) is 2. The van der Waals surface area contributed by atoms with E-state index in [0.29, 0.717) is 31.4 Å². The Hall–Kier alpha value is -3.92. The van der Waals surface area contributed by atoms with E-state index in [0.717, 1.165) is 29.8 Å². The molecule has 2 heterocycles. The number of hydrogen-bond acceptors (Lipinski definition) is 7. The number of benzene rings is 2. The van der Waals surface area contributed by atoms with E-state index in [1.165, 1.54) is 6.20 Å². The van der Waals surface area contributed by atoms with Crippen molar-refractivity contribution in [3.8, 4) is 17.1 Å². The second kappa shape index (κ2) is 10.1. The Morgan fingerprint density at radius 3 is 2.63 bits per heavy atom. The number of carbonyl (C=O) groups excluding carboxylic acids is 1. The third-order valence-corrected chi connectivity index (χ3v) is 5.41. The molecule has 184 valence electrons. The Bertz CT molecular complexity index is 1200. The van der Waals surface area contributed by atoms with E-state index in [9.17, 15) is 14.9 Å². The highest BCUT2D eigenvalue weighted by Gasteiger charge is 2.23. The molecule has 4 rings (SSSR count). The van der Waals surface area contributed by atoms with E-state index in [1.807, 2.05) is 57.2 Å². The maximum Gasteiger partial charge on any atom is 0.414 e. The molecule has 0 saturated carbocycles. The van der Waals surface area contributed by atoms with Crippen LogP contribution in [0.3, 0.4) is 0 Å². The summed E-state index contributed by atoms with van der Waals surface area (Å²) >= 11 is 0. The van der Waals surface area contributed by atoms with Gasteiger partial charge in [-0.25, -0.2) is 4.79 Å². The van der Waals surface area contributed by atoms with Crippen molar-refractivity contribution in [3.63, 3.8) is 0 Å². The lowest BCUT2D eigenvalue weighted by atomic mass is 10.0. The first-order chi connectivity index (χ1) is 16.7. The van der Waals surface area contributed by atoms with Gasteiger partial charge in [-0.15, -0.1) is 0 Å². The summed E-state index contributed by atoms with van der Waals surface area (Å²) in [5.41, 5.74) is 3.37. The van der Waals surface area contributed by atoms with Crippen LogP contribution in [0.5, 0.6) is 6.01 Å². The third kappa shape index (κ3) is 6.57. The molecule has 2 aromatic carbocycles. The Kier molecular flexibility index (Phi) is 7.02. The summed E-state index contributed by atoms with van der Waals surface area (Å²) in [6, 6.07) is 16.2. The van der Waals surface area contributed by atoms with Gasteiger partial charge in [0.1, 0.15) is 18.4 Å². The van der Waals surface area contributed by atoms with Gasteiger partial charge in [0.2, 0.25) is 0 Å². The van der Waals surface area contributed by atoms with Gasteiger partial charge >= 0.3 is 17.9 Å². The summed E-state index contributed by atoms with van der Waals surface area (Å²) in [6.07, 6.45) is 0.933. The molecule has 1 aliphatic rings. The summed E-state index contributed by atoms with van der Waals surface area (Å²) in [6.45, 7) is 8.57. The van der Waals surface area contributed by atoms with Crippen molar-refractivity contribution in [3.05, 3.63) is 70.4 Å². The van der Waals surface area contributed by atoms with Crippen LogP contribution in [0, 0.1) is 10.1 Å². The standard InChI is InChI=1S/C25H29N5O5/c1-25(2,3)35-24(31)26-21-9-7-19(8-10-21)20-6-4-5-18(15-20)16-28-11-12-29-17-22(30(32)33)27-23(29)34-14-13-28/h4-10,15,17H,11-14,16H2,1-3H3,(H,26,31). The lowest BCUT2D eigenvalue weighted by Gasteiger charge is -2.24. The second-order valence-electron chi connectivity index (χ2n) is 9.36. The van der Waals surface area contributed by atoms with Crippen LogP contribution in [0.1, 0.15) is 26.3 Å². The fraction of sp³-hybridized carbons (Fsp3) is 0.360. The highest BCUT2D eigenvalue weighted by molar-refractivity contribution is 5.85. The monoisotopic (exact) mass is 479 g/mol. The van der Waals surface area contributed by atoms with Crippen LogP contribution in [0.4, 0.5) is 16.3 Å². The van der Waals surface area contributed by atoms with Gasteiger partial charge in [-0.05, 0) is 60.6 Å². The molecule has 10 nitrogen and oxygen atoms in total. The average molecular weight is 480 g/mol. The van der Waals surface area contributed by atoms with Crippen molar-refractivity contribution in [1.29, 1.82) is 0 Å². The molecule has 0 radical (unpaired) electrons. The number of imidazole rings is 1. The van der Waals surface area contributed by atoms with Crippen molar-refractivity contribution in [2.45, 2.75) is 39.5 Å². The molecular weight excluding hydrogens is 450 g/mol. The molecule has 0 spiro atoms. The molecule has 0 fully saturated rings. The van der Waals surface area contributed by atoms with Gasteiger partial charge in [0.25, 0.3) is 0 Å². The smallest absolute Gasteiger partial charge is 0.414 e. The van der Waals surface area contributed by atoms with Crippen molar-refractivity contribution in [2.24, 2.45) is 0 Å². The number of nitro groups is 1. The zero-order valence-electron chi connectivity index (χ0n) is 20.1. The summed E-state index contributed by atoms with van der Waals surface area (Å²) in [5, 5.41) is 13.7. The average Bonchev–Trinajstić information content (AvgIpc) is 3.18. The Morgan fingerprint density at radius 2 is 1.91 bits per heavy atom. The molecule has 0 unspecified atom stereocenters. The van der Waals surface area contributed by atoms with Gasteiger partial charge in [-0.2, -0.15) is 0 Å². The summed E-state index contributed by atoms with van der Waals surface area (Å²) in [7, 11) is 0. The van der Waals surface area contributed by atoms with E-state index >= 15 is 0 Å². The van der Waals surface area contributed by atoms with Crippen molar-refractivity contribution in [1.82, 2.24) is 14.5 Å². The number of carbonyl (C=O) groups is 1. The first-order valence-corrected chi connectivity index (χ1v) is 11.4. The molecular formula is C25H29N5O5. The number of nitrogens with zero attached hydrogens (tertiary/aromatic N) is 4. The van der Waals surface area contributed by atoms with Crippen LogP contribution in [0.15, 0.2) is 54.7 Å². The molecule has 3 aromatic rings. The van der Waals surface area contributed by atoms with Gasteiger partial charge in [0, 0.05) is 36.9 Å². The minimum absolute atomic E-state index is 0.200. The number of anilines is 1. The Labute approximate surface area is 203 Å². The largest absolute Gasteiger partial charge is 0.444 e. The maximum atomic E-state index is 12.0. The maximum absolute atomic E-state index is 12.0. The second-order valence-corrected chi connectivity index (χ2v) is 9.36. The third-order valence-electron chi connectivity index (χ3n) is 5.41. The molecule has 0 atom stereocenters. The van der Waals surface area contributed by atoms with Crippen molar-refractivity contribution >= 4 is 17.6 Å². The van der Waals surface area contributed by atoms with Gasteiger partial charge in [0.15, 0.2) is 0 Å². The molecule has 0 saturated heterocycles. The summed E-state index contributed by atoms with van der Waals surface area (Å²) in [5.74, 6) is -0.200. The van der Waals surface area contributed by atoms with E-state index in [1.54, 1.807) is 4.57 Å². The predicted molar refractivity (Wildman–Crippen MR) is 131 cm³/mol. The molecule has 1 aliphatic heterocycles. The first-order valence-electron chi connectivity index (χ1n) is 11.4. The lowest BCUT2D eigenvalue weighted by Crippen LogP contribution is -2.33. The van der Waals surface area contributed by atoms with Crippen LogP contribution in [0.2, 0.25) is 0 Å². The van der Waals surface area contributed by atoms with Crippen LogP contribution in [-0.2, 0) is 17.8 Å². The topological polar surface area (TPSA) is 112 Å². The molecule has 0 bridgehead atoms. The van der Waals surface area contributed by atoms with Crippen LogP contribution < -0.4 is 10.1 Å². The van der Waals surface area contributed by atoms with Crippen LogP contribution in [0.25, 0.3) is 11.1 Å². The van der Waals surface area contributed by atoms with Crippen LogP contribution >= 0.6 is 0 Å². The summed E-state index contributed by atoms with van der Waals surface area (Å²) in [4.78, 5) is 28.7. The van der Waals surface area contributed by atoms with Gasteiger partial charge < -0.3 is 19.6 Å². The Balaban J connectivity index is 1.39. The van der Waals surface area contributed by atoms with Crippen molar-refractivity contribution in [2.75, 3.05) is 25.0 Å². The number of aromatic nitrogens is 2. The fourth-order valence-electron chi connectivity index (χ4n) is 3.81. The minimum atomic E-state index is -0.553. The zero-order chi connectivity index (χ0) is 25.0. The predicted octanol–water partition coefficient (Wildman–Crippen LogP) is 4.70. The summed E-state index contributed by atoms with van der Waals surface area (Å²) < 4.78 is 12.6. The number of fused-ring (bicyclic) bond motifs is 1. The number of rotatable bonds is 5. The molecule has 1 aromatic heterocycles. The van der Waals surface area contributed by atoms with E-state index in [2.05, 4.69) is 27.3 Å². The molecule has 0 aliphatic carbocycles. The van der Waals surface area contributed by atoms with Crippen LogP contribution in [-0.4, -0.2) is 50.8 Å². The van der Waals surface area contributed by atoms with E-state index in [-0.39, 0.29) is 5.82 Å².